The van der Waals surface area contributed by atoms with Crippen LogP contribution < -0.4 is 10.3 Å². The van der Waals surface area contributed by atoms with E-state index in [9.17, 15) is 22.8 Å². The summed E-state index contributed by atoms with van der Waals surface area (Å²) >= 11 is 0. The number of hydrogen-bond acceptors (Lipinski definition) is 5. The summed E-state index contributed by atoms with van der Waals surface area (Å²) in [6.07, 6.45) is -2.82. The topological polar surface area (TPSA) is 93.1 Å². The van der Waals surface area contributed by atoms with Crippen molar-refractivity contribution in [1.29, 1.82) is 0 Å². The summed E-state index contributed by atoms with van der Waals surface area (Å²) in [4.78, 5) is 32.8. The number of fused-ring (bicyclic) bond motifs is 1. The molecule has 1 aliphatic rings. The van der Waals surface area contributed by atoms with Gasteiger partial charge in [0.25, 0.3) is 5.56 Å². The first-order chi connectivity index (χ1) is 14.2. The fraction of sp³-hybridized carbons (Fsp3) is 0.368. The Balaban J connectivity index is 1.67. The smallest absolute Gasteiger partial charge is 0.405 e. The van der Waals surface area contributed by atoms with Crippen LogP contribution in [0.4, 0.5) is 13.2 Å². The zero-order valence-corrected chi connectivity index (χ0v) is 15.9. The molecule has 1 aliphatic heterocycles. The van der Waals surface area contributed by atoms with Gasteiger partial charge in [-0.05, 0) is 12.5 Å². The number of halogens is 3. The van der Waals surface area contributed by atoms with Crippen LogP contribution in [0.3, 0.4) is 0 Å². The second-order valence-corrected chi connectivity index (χ2v) is 7.08. The zero-order valence-electron chi connectivity index (χ0n) is 15.9. The van der Waals surface area contributed by atoms with Gasteiger partial charge in [0.05, 0.1) is 12.2 Å². The minimum atomic E-state index is -4.83. The van der Waals surface area contributed by atoms with Gasteiger partial charge in [-0.2, -0.15) is 5.10 Å². The predicted octanol–water partition coefficient (Wildman–Crippen LogP) is 2.40. The molecule has 3 heterocycles. The minimum Gasteiger partial charge on any atom is -0.405 e. The maximum absolute atomic E-state index is 12.7. The largest absolute Gasteiger partial charge is 0.573 e. The molecule has 0 spiro atoms. The summed E-state index contributed by atoms with van der Waals surface area (Å²) in [5, 5.41) is 4.55. The molecule has 1 unspecified atom stereocenters. The van der Waals surface area contributed by atoms with Crippen LogP contribution in [0.2, 0.25) is 0 Å². The molecule has 1 N–H and O–H groups in total. The predicted molar refractivity (Wildman–Crippen MR) is 100.0 cm³/mol. The summed E-state index contributed by atoms with van der Waals surface area (Å²) in [6, 6.07) is 5.56. The molecule has 0 saturated carbocycles. The highest BCUT2D eigenvalue weighted by Gasteiger charge is 2.32. The van der Waals surface area contributed by atoms with Gasteiger partial charge in [-0.15, -0.1) is 13.2 Å². The van der Waals surface area contributed by atoms with E-state index >= 15 is 0 Å². The molecule has 1 saturated heterocycles. The van der Waals surface area contributed by atoms with Crippen molar-refractivity contribution in [3.8, 4) is 5.75 Å². The number of ether oxygens (including phenoxy) is 1. The molecular weight excluding hydrogens is 403 g/mol. The molecule has 0 radical (unpaired) electrons. The number of amides is 1. The number of hydrogen-bond donors (Lipinski definition) is 1. The Morgan fingerprint density at radius 1 is 1.33 bits per heavy atom. The second kappa shape index (κ2) is 7.47. The Morgan fingerprint density at radius 3 is 2.80 bits per heavy atom. The van der Waals surface area contributed by atoms with Crippen LogP contribution in [0, 0.1) is 0 Å². The molecule has 1 fully saturated rings. The molecule has 8 nitrogen and oxygen atoms in total. The molecule has 3 aromatic rings. The maximum Gasteiger partial charge on any atom is 0.573 e. The summed E-state index contributed by atoms with van der Waals surface area (Å²) in [6.45, 7) is 2.53. The first-order valence-electron chi connectivity index (χ1n) is 9.27. The Bertz CT molecular complexity index is 1150. The summed E-state index contributed by atoms with van der Waals surface area (Å²) in [5.74, 6) is -0.204. The highest BCUT2D eigenvalue weighted by atomic mass is 19.4. The van der Waals surface area contributed by atoms with Gasteiger partial charge in [-0.25, -0.2) is 9.67 Å². The number of benzene rings is 1. The zero-order chi connectivity index (χ0) is 21.5. The van der Waals surface area contributed by atoms with Crippen LogP contribution >= 0.6 is 0 Å². The van der Waals surface area contributed by atoms with Crippen molar-refractivity contribution in [3.05, 3.63) is 52.2 Å². The number of para-hydroxylation sites is 1. The summed E-state index contributed by atoms with van der Waals surface area (Å²) in [5.41, 5.74) is 0.127. The number of carbonyl (C=O) groups is 1. The van der Waals surface area contributed by atoms with E-state index in [1.54, 1.807) is 15.6 Å². The van der Waals surface area contributed by atoms with Crippen LogP contribution in [0.1, 0.15) is 30.8 Å². The van der Waals surface area contributed by atoms with Gasteiger partial charge < -0.3 is 14.6 Å². The van der Waals surface area contributed by atoms with Crippen molar-refractivity contribution in [3.63, 3.8) is 0 Å². The van der Waals surface area contributed by atoms with E-state index in [1.165, 1.54) is 31.3 Å². The molecular formula is C19H18F3N5O3. The summed E-state index contributed by atoms with van der Waals surface area (Å²) in [7, 11) is 0. The fourth-order valence-electron chi connectivity index (χ4n) is 3.61. The third-order valence-corrected chi connectivity index (χ3v) is 5.02. The number of aromatic nitrogens is 4. The molecule has 4 rings (SSSR count). The number of H-pyrrole nitrogens is 1. The lowest BCUT2D eigenvalue weighted by Gasteiger charge is -2.15. The fourth-order valence-corrected chi connectivity index (χ4v) is 3.61. The Labute approximate surface area is 168 Å². The van der Waals surface area contributed by atoms with Crippen LogP contribution in [-0.2, 0) is 11.2 Å². The molecule has 158 valence electrons. The van der Waals surface area contributed by atoms with Gasteiger partial charge >= 0.3 is 6.36 Å². The number of aromatic amines is 1. The third-order valence-electron chi connectivity index (χ3n) is 5.02. The lowest BCUT2D eigenvalue weighted by Crippen LogP contribution is -2.26. The van der Waals surface area contributed by atoms with E-state index in [0.717, 1.165) is 0 Å². The first-order valence-corrected chi connectivity index (χ1v) is 9.27. The Kier molecular flexibility index (Phi) is 4.96. The van der Waals surface area contributed by atoms with Crippen LogP contribution in [0.15, 0.2) is 35.3 Å². The molecule has 2 aromatic heterocycles. The molecule has 1 amide bonds. The number of rotatable bonds is 4. The van der Waals surface area contributed by atoms with Crippen molar-refractivity contribution in [1.82, 2.24) is 24.6 Å². The second-order valence-electron chi connectivity index (χ2n) is 7.08. The standard InChI is InChI=1S/C19H18F3N5O3/c1-11(28)26-7-6-13(10-26)27-17-14(9-23-27)18(29)25-16(24-17)8-12-4-2-3-5-15(12)30-19(20,21)22/h2-5,9,13H,6-8,10H2,1H3,(H,24,25,29). The monoisotopic (exact) mass is 421 g/mol. The highest BCUT2D eigenvalue weighted by molar-refractivity contribution is 5.74. The number of nitrogens with zero attached hydrogens (tertiary/aromatic N) is 4. The summed E-state index contributed by atoms with van der Waals surface area (Å²) < 4.78 is 43.7. The highest BCUT2D eigenvalue weighted by Crippen LogP contribution is 2.28. The van der Waals surface area contributed by atoms with E-state index in [-0.39, 0.29) is 40.9 Å². The molecule has 11 heteroatoms. The van der Waals surface area contributed by atoms with E-state index in [2.05, 4.69) is 19.8 Å². The van der Waals surface area contributed by atoms with Gasteiger partial charge in [-0.1, -0.05) is 18.2 Å². The van der Waals surface area contributed by atoms with Crippen molar-refractivity contribution in [2.75, 3.05) is 13.1 Å². The average molecular weight is 421 g/mol. The van der Waals surface area contributed by atoms with E-state index in [0.29, 0.717) is 25.2 Å². The Hall–Kier alpha value is -3.37. The minimum absolute atomic E-state index is 0.0401. The molecule has 1 atom stereocenters. The van der Waals surface area contributed by atoms with E-state index in [4.69, 9.17) is 0 Å². The van der Waals surface area contributed by atoms with Crippen LogP contribution in [0.25, 0.3) is 11.0 Å². The van der Waals surface area contributed by atoms with E-state index in [1.807, 2.05) is 0 Å². The van der Waals surface area contributed by atoms with Crippen LogP contribution in [-0.4, -0.2) is 50.0 Å². The number of likely N-dealkylation sites (tertiary alicyclic amines) is 1. The number of carbonyl (C=O) groups excluding carboxylic acids is 1. The SMILES string of the molecule is CC(=O)N1CCC(n2ncc3c(=O)[nH]c(Cc4ccccc4OC(F)(F)F)nc32)C1. The van der Waals surface area contributed by atoms with Gasteiger partial charge in [0.1, 0.15) is 17.0 Å². The number of nitrogens with one attached hydrogen (secondary N) is 1. The Morgan fingerprint density at radius 2 is 2.10 bits per heavy atom. The molecule has 0 bridgehead atoms. The molecule has 0 aliphatic carbocycles. The van der Waals surface area contributed by atoms with Crippen molar-refractivity contribution < 1.29 is 22.7 Å². The maximum atomic E-state index is 12.7. The first kappa shape index (κ1) is 19.9. The lowest BCUT2D eigenvalue weighted by atomic mass is 10.1. The van der Waals surface area contributed by atoms with E-state index < -0.39 is 11.9 Å². The molecule has 30 heavy (non-hydrogen) atoms. The van der Waals surface area contributed by atoms with Gasteiger partial charge in [0.2, 0.25) is 5.91 Å². The van der Waals surface area contributed by atoms with Crippen molar-refractivity contribution in [2.24, 2.45) is 0 Å². The molecule has 1 aromatic carbocycles. The van der Waals surface area contributed by atoms with Crippen LogP contribution in [0.5, 0.6) is 5.75 Å². The van der Waals surface area contributed by atoms with Gasteiger partial charge in [0, 0.05) is 32.0 Å². The normalized spacial score (nSPS) is 16.9. The lowest BCUT2D eigenvalue weighted by molar-refractivity contribution is -0.274. The van der Waals surface area contributed by atoms with Gasteiger partial charge in [0.15, 0.2) is 5.65 Å². The average Bonchev–Trinajstić information content (AvgIpc) is 3.29. The third kappa shape index (κ3) is 4.00. The van der Waals surface area contributed by atoms with Crippen molar-refractivity contribution >= 4 is 16.9 Å². The van der Waals surface area contributed by atoms with Crippen molar-refractivity contribution in [2.45, 2.75) is 32.2 Å². The number of alkyl halides is 3. The van der Waals surface area contributed by atoms with Gasteiger partial charge in [-0.3, -0.25) is 9.59 Å². The quantitative estimate of drug-likeness (QED) is 0.698.